The lowest BCUT2D eigenvalue weighted by molar-refractivity contribution is 0.779. The molecule has 0 aromatic carbocycles. The molecule has 0 saturated heterocycles. The Kier molecular flexibility index (Phi) is 2.02. The summed E-state index contributed by atoms with van der Waals surface area (Å²) in [5, 5.41) is 5.58. The van der Waals surface area contributed by atoms with Crippen LogP contribution in [0.2, 0.25) is 0 Å². The van der Waals surface area contributed by atoms with Crippen molar-refractivity contribution >= 4 is 10.9 Å². The molecule has 3 heteroatoms. The minimum Gasteiger partial charge on any atom is -0.266 e. The van der Waals surface area contributed by atoms with Gasteiger partial charge in [-0.2, -0.15) is 5.10 Å². The van der Waals surface area contributed by atoms with Crippen molar-refractivity contribution in [1.82, 2.24) is 14.8 Å². The summed E-state index contributed by atoms with van der Waals surface area (Å²) < 4.78 is 1.88. The number of rotatable bonds is 1. The van der Waals surface area contributed by atoms with E-state index in [1.807, 2.05) is 24.9 Å². The summed E-state index contributed by atoms with van der Waals surface area (Å²) in [6.45, 7) is 6.34. The molecule has 2 rings (SSSR count). The fourth-order valence-electron chi connectivity index (χ4n) is 1.66. The predicted octanol–water partition coefficient (Wildman–Crippen LogP) is 2.40. The lowest BCUT2D eigenvalue weighted by atomic mass is 10.1. The molecule has 0 saturated carbocycles. The third-order valence-corrected chi connectivity index (χ3v) is 2.53. The number of pyridine rings is 1. The van der Waals surface area contributed by atoms with Crippen molar-refractivity contribution in [3.8, 4) is 0 Å². The molecular formula is C11H15N3. The van der Waals surface area contributed by atoms with E-state index in [1.54, 1.807) is 0 Å². The minimum absolute atomic E-state index is 0.471. The molecule has 0 atom stereocenters. The van der Waals surface area contributed by atoms with Gasteiger partial charge in [0.2, 0.25) is 0 Å². The second-order valence-electron chi connectivity index (χ2n) is 3.99. The van der Waals surface area contributed by atoms with Gasteiger partial charge in [-0.05, 0) is 18.9 Å². The normalized spacial score (nSPS) is 11.5. The van der Waals surface area contributed by atoms with E-state index in [1.165, 1.54) is 5.39 Å². The molecule has 2 aromatic rings. The van der Waals surface area contributed by atoms with Crippen LogP contribution < -0.4 is 0 Å². The highest BCUT2D eigenvalue weighted by atomic mass is 15.3. The monoisotopic (exact) mass is 189 g/mol. The minimum atomic E-state index is 0.471. The fourth-order valence-corrected chi connectivity index (χ4v) is 1.66. The third kappa shape index (κ3) is 1.29. The first-order valence-corrected chi connectivity index (χ1v) is 4.89. The highest BCUT2D eigenvalue weighted by molar-refractivity contribution is 5.81. The molecule has 0 aliphatic carbocycles. The second-order valence-corrected chi connectivity index (χ2v) is 3.99. The lowest BCUT2D eigenvalue weighted by Crippen LogP contribution is -1.93. The second kappa shape index (κ2) is 3.08. The van der Waals surface area contributed by atoms with E-state index in [9.17, 15) is 0 Å². The van der Waals surface area contributed by atoms with Crippen LogP contribution in [0.4, 0.5) is 0 Å². The lowest BCUT2D eigenvalue weighted by Gasteiger charge is -2.03. The van der Waals surface area contributed by atoms with Gasteiger partial charge in [0.1, 0.15) is 0 Å². The average molecular weight is 189 g/mol. The van der Waals surface area contributed by atoms with Gasteiger partial charge in [0.15, 0.2) is 0 Å². The molecule has 0 aliphatic rings. The van der Waals surface area contributed by atoms with Crippen LogP contribution in [-0.4, -0.2) is 14.8 Å². The zero-order valence-corrected chi connectivity index (χ0v) is 9.07. The fraction of sp³-hybridized carbons (Fsp3) is 0.455. The SMILES string of the molecule is Cc1nn(C)c2cnc(C(C)C)cc12. The Labute approximate surface area is 83.8 Å². The van der Waals surface area contributed by atoms with Gasteiger partial charge in [-0.1, -0.05) is 13.8 Å². The van der Waals surface area contributed by atoms with Crippen LogP contribution in [0.15, 0.2) is 12.3 Å². The molecule has 14 heavy (non-hydrogen) atoms. The maximum atomic E-state index is 4.42. The Morgan fingerprint density at radius 1 is 1.36 bits per heavy atom. The first kappa shape index (κ1) is 9.19. The van der Waals surface area contributed by atoms with Gasteiger partial charge in [-0.3, -0.25) is 9.67 Å². The Morgan fingerprint density at radius 3 is 2.71 bits per heavy atom. The third-order valence-electron chi connectivity index (χ3n) is 2.53. The van der Waals surface area contributed by atoms with Crippen LogP contribution in [0.3, 0.4) is 0 Å². The molecule has 0 N–H and O–H groups in total. The zero-order valence-electron chi connectivity index (χ0n) is 9.07. The molecule has 2 heterocycles. The summed E-state index contributed by atoms with van der Waals surface area (Å²) in [5.41, 5.74) is 3.31. The first-order valence-electron chi connectivity index (χ1n) is 4.89. The van der Waals surface area contributed by atoms with Crippen molar-refractivity contribution in [2.45, 2.75) is 26.7 Å². The van der Waals surface area contributed by atoms with E-state index in [2.05, 4.69) is 30.0 Å². The largest absolute Gasteiger partial charge is 0.266 e. The molecule has 0 spiro atoms. The van der Waals surface area contributed by atoms with Crippen LogP contribution in [0.5, 0.6) is 0 Å². The van der Waals surface area contributed by atoms with Crippen LogP contribution in [0, 0.1) is 6.92 Å². The van der Waals surface area contributed by atoms with E-state index in [0.717, 1.165) is 16.9 Å². The Balaban J connectivity index is 2.71. The smallest absolute Gasteiger partial charge is 0.0865 e. The molecule has 2 aromatic heterocycles. The number of aryl methyl sites for hydroxylation is 2. The van der Waals surface area contributed by atoms with Crippen LogP contribution >= 0.6 is 0 Å². The van der Waals surface area contributed by atoms with Gasteiger partial charge in [-0.15, -0.1) is 0 Å². The van der Waals surface area contributed by atoms with Crippen LogP contribution in [0.25, 0.3) is 10.9 Å². The van der Waals surface area contributed by atoms with E-state index in [0.29, 0.717) is 5.92 Å². The highest BCUT2D eigenvalue weighted by Gasteiger charge is 2.07. The van der Waals surface area contributed by atoms with Gasteiger partial charge >= 0.3 is 0 Å². The molecule has 0 unspecified atom stereocenters. The predicted molar refractivity (Wildman–Crippen MR) is 57.3 cm³/mol. The van der Waals surface area contributed by atoms with Gasteiger partial charge in [0, 0.05) is 18.1 Å². The van der Waals surface area contributed by atoms with Crippen LogP contribution in [-0.2, 0) is 7.05 Å². The Bertz CT molecular complexity index is 469. The maximum absolute atomic E-state index is 4.42. The molecular weight excluding hydrogens is 174 g/mol. The summed E-state index contributed by atoms with van der Waals surface area (Å²) in [6.07, 6.45) is 1.91. The number of fused-ring (bicyclic) bond motifs is 1. The molecule has 3 nitrogen and oxygen atoms in total. The number of nitrogens with zero attached hydrogens (tertiary/aromatic N) is 3. The summed E-state index contributed by atoms with van der Waals surface area (Å²) in [7, 11) is 1.95. The number of aromatic nitrogens is 3. The maximum Gasteiger partial charge on any atom is 0.0865 e. The topological polar surface area (TPSA) is 30.7 Å². The van der Waals surface area contributed by atoms with Gasteiger partial charge in [0.25, 0.3) is 0 Å². The molecule has 0 aliphatic heterocycles. The summed E-state index contributed by atoms with van der Waals surface area (Å²) in [6, 6.07) is 2.14. The van der Waals surface area contributed by atoms with E-state index >= 15 is 0 Å². The zero-order chi connectivity index (χ0) is 10.3. The molecule has 74 valence electrons. The van der Waals surface area contributed by atoms with Gasteiger partial charge in [-0.25, -0.2) is 0 Å². The molecule has 0 radical (unpaired) electrons. The molecule has 0 fully saturated rings. The Morgan fingerprint density at radius 2 is 2.07 bits per heavy atom. The van der Waals surface area contributed by atoms with Crippen molar-refractivity contribution in [2.24, 2.45) is 7.05 Å². The summed E-state index contributed by atoms with van der Waals surface area (Å²) in [4.78, 5) is 4.42. The van der Waals surface area contributed by atoms with E-state index in [-0.39, 0.29) is 0 Å². The summed E-state index contributed by atoms with van der Waals surface area (Å²) >= 11 is 0. The molecule has 0 bridgehead atoms. The quantitative estimate of drug-likeness (QED) is 0.689. The molecule has 0 amide bonds. The van der Waals surface area contributed by atoms with E-state index < -0.39 is 0 Å². The van der Waals surface area contributed by atoms with E-state index in [4.69, 9.17) is 0 Å². The van der Waals surface area contributed by atoms with Crippen molar-refractivity contribution < 1.29 is 0 Å². The number of hydrogen-bond acceptors (Lipinski definition) is 2. The Hall–Kier alpha value is -1.38. The van der Waals surface area contributed by atoms with Gasteiger partial charge < -0.3 is 0 Å². The van der Waals surface area contributed by atoms with Crippen molar-refractivity contribution in [2.75, 3.05) is 0 Å². The average Bonchev–Trinajstić information content (AvgIpc) is 2.42. The van der Waals surface area contributed by atoms with Crippen molar-refractivity contribution in [3.05, 3.63) is 23.7 Å². The first-order chi connectivity index (χ1) is 6.59. The van der Waals surface area contributed by atoms with Gasteiger partial charge in [0.05, 0.1) is 17.4 Å². The highest BCUT2D eigenvalue weighted by Crippen LogP contribution is 2.20. The van der Waals surface area contributed by atoms with Crippen molar-refractivity contribution in [3.63, 3.8) is 0 Å². The summed E-state index contributed by atoms with van der Waals surface area (Å²) in [5.74, 6) is 0.471. The number of hydrogen-bond donors (Lipinski definition) is 0. The standard InChI is InChI=1S/C11H15N3/c1-7(2)10-5-9-8(3)13-14(4)11(9)6-12-10/h5-7H,1-4H3. The van der Waals surface area contributed by atoms with Crippen LogP contribution in [0.1, 0.15) is 31.2 Å². The van der Waals surface area contributed by atoms with Crippen molar-refractivity contribution in [1.29, 1.82) is 0 Å².